The van der Waals surface area contributed by atoms with Gasteiger partial charge < -0.3 is 20.1 Å². The summed E-state index contributed by atoms with van der Waals surface area (Å²) in [7, 11) is 0. The van der Waals surface area contributed by atoms with Crippen LogP contribution in [-0.4, -0.2) is 64.7 Å². The first-order valence-corrected chi connectivity index (χ1v) is 9.64. The van der Waals surface area contributed by atoms with Crippen LogP contribution in [0.4, 0.5) is 5.69 Å². The highest BCUT2D eigenvalue weighted by molar-refractivity contribution is 7.98. The molecule has 3 heterocycles. The molecule has 152 valence electrons. The number of thioether (sulfide) groups is 1. The molecule has 0 saturated carbocycles. The monoisotopic (exact) mass is 419 g/mol. The number of ether oxygens (including phenoxy) is 1. The fourth-order valence-electron chi connectivity index (χ4n) is 3.10. The zero-order valence-electron chi connectivity index (χ0n) is 14.9. The van der Waals surface area contributed by atoms with Crippen LogP contribution in [0, 0.1) is 10.1 Å². The number of nitrogens with zero attached hydrogens (tertiary/aromatic N) is 5. The van der Waals surface area contributed by atoms with E-state index in [0.29, 0.717) is 21.9 Å². The molecule has 1 aliphatic heterocycles. The van der Waals surface area contributed by atoms with Crippen LogP contribution in [0.5, 0.6) is 0 Å². The molecule has 0 aliphatic carbocycles. The van der Waals surface area contributed by atoms with Gasteiger partial charge in [0.15, 0.2) is 11.9 Å². The Kier molecular flexibility index (Phi) is 5.43. The van der Waals surface area contributed by atoms with E-state index < -0.39 is 36.1 Å². The molecule has 11 nitrogen and oxygen atoms in total. The third-order valence-corrected chi connectivity index (χ3v) is 5.69. The van der Waals surface area contributed by atoms with Gasteiger partial charge in [0.1, 0.15) is 35.2 Å². The first kappa shape index (κ1) is 19.7. The Hall–Kier alpha value is -2.64. The molecule has 0 spiro atoms. The SMILES string of the molecule is O=[N+]([O-])c1ccc(CSc2ncnc3c2ncn3[C@H]2O[C@@H](CO)[C@H](O)[C@@H]2O)cc1. The Morgan fingerprint density at radius 3 is 2.59 bits per heavy atom. The minimum atomic E-state index is -1.24. The molecule has 0 bridgehead atoms. The van der Waals surface area contributed by atoms with Crippen molar-refractivity contribution in [3.05, 3.63) is 52.6 Å². The van der Waals surface area contributed by atoms with Gasteiger partial charge in [0.25, 0.3) is 5.69 Å². The van der Waals surface area contributed by atoms with E-state index in [2.05, 4.69) is 15.0 Å². The molecule has 2 aromatic heterocycles. The lowest BCUT2D eigenvalue weighted by atomic mass is 10.1. The molecule has 3 N–H and O–H groups in total. The number of benzene rings is 1. The molecule has 1 aromatic carbocycles. The topological polar surface area (TPSA) is 157 Å². The molecular weight excluding hydrogens is 402 g/mol. The first-order valence-electron chi connectivity index (χ1n) is 8.65. The second-order valence-corrected chi connectivity index (χ2v) is 7.41. The molecule has 12 heteroatoms. The van der Waals surface area contributed by atoms with Gasteiger partial charge in [-0.05, 0) is 5.56 Å². The van der Waals surface area contributed by atoms with Crippen molar-refractivity contribution in [2.75, 3.05) is 6.61 Å². The average molecular weight is 419 g/mol. The quantitative estimate of drug-likeness (QED) is 0.224. The van der Waals surface area contributed by atoms with Gasteiger partial charge in [-0.1, -0.05) is 23.9 Å². The van der Waals surface area contributed by atoms with E-state index in [1.165, 1.54) is 41.1 Å². The van der Waals surface area contributed by atoms with Crippen LogP contribution >= 0.6 is 11.8 Å². The summed E-state index contributed by atoms with van der Waals surface area (Å²) in [5, 5.41) is 40.8. The van der Waals surface area contributed by atoms with Crippen molar-refractivity contribution < 1.29 is 25.0 Å². The highest BCUT2D eigenvalue weighted by atomic mass is 32.2. The van der Waals surface area contributed by atoms with Gasteiger partial charge in [-0.25, -0.2) is 15.0 Å². The second kappa shape index (κ2) is 8.00. The summed E-state index contributed by atoms with van der Waals surface area (Å²) in [5.74, 6) is 0.519. The molecular formula is C17H17N5O6S. The second-order valence-electron chi connectivity index (χ2n) is 6.44. The summed E-state index contributed by atoms with van der Waals surface area (Å²) in [5.41, 5.74) is 1.83. The molecule has 1 saturated heterocycles. The molecule has 0 unspecified atom stereocenters. The van der Waals surface area contributed by atoms with Crippen molar-refractivity contribution >= 4 is 28.6 Å². The van der Waals surface area contributed by atoms with Gasteiger partial charge in [0, 0.05) is 17.9 Å². The smallest absolute Gasteiger partial charge is 0.269 e. The lowest BCUT2D eigenvalue weighted by Crippen LogP contribution is -2.33. The number of hydrogen-bond donors (Lipinski definition) is 3. The van der Waals surface area contributed by atoms with Gasteiger partial charge in [-0.15, -0.1) is 0 Å². The number of fused-ring (bicyclic) bond motifs is 1. The highest BCUT2D eigenvalue weighted by Gasteiger charge is 2.44. The predicted octanol–water partition coefficient (Wildman–Crippen LogP) is 0.638. The normalized spacial score (nSPS) is 24.2. The maximum absolute atomic E-state index is 10.7. The zero-order valence-corrected chi connectivity index (χ0v) is 15.7. The molecule has 0 amide bonds. The molecule has 4 rings (SSSR count). The van der Waals surface area contributed by atoms with Crippen molar-refractivity contribution in [3.8, 4) is 0 Å². The maximum atomic E-state index is 10.7. The van der Waals surface area contributed by atoms with Gasteiger partial charge >= 0.3 is 0 Å². The van der Waals surface area contributed by atoms with E-state index in [0.717, 1.165) is 5.56 Å². The van der Waals surface area contributed by atoms with E-state index in [1.807, 2.05) is 0 Å². The minimum absolute atomic E-state index is 0.0282. The maximum Gasteiger partial charge on any atom is 0.269 e. The summed E-state index contributed by atoms with van der Waals surface area (Å²) in [6, 6.07) is 6.26. The standard InChI is InChI=1S/C17H17N5O6S/c23-5-11-13(24)14(25)17(28-11)21-8-20-12-15(21)18-7-19-16(12)29-6-9-1-3-10(4-2-9)22(26)27/h1-4,7-8,11,13-14,17,23-25H,5-6H2/t11-,13-,14-,17-/m0/s1. The fourth-order valence-corrected chi connectivity index (χ4v) is 4.00. The zero-order chi connectivity index (χ0) is 20.5. The van der Waals surface area contributed by atoms with Gasteiger partial charge in [-0.3, -0.25) is 14.7 Å². The van der Waals surface area contributed by atoms with Crippen molar-refractivity contribution in [3.63, 3.8) is 0 Å². The van der Waals surface area contributed by atoms with Gasteiger partial charge in [0.05, 0.1) is 17.9 Å². The minimum Gasteiger partial charge on any atom is -0.394 e. The van der Waals surface area contributed by atoms with E-state index in [-0.39, 0.29) is 5.69 Å². The Morgan fingerprint density at radius 2 is 1.93 bits per heavy atom. The van der Waals surface area contributed by atoms with Gasteiger partial charge in [-0.2, -0.15) is 0 Å². The molecule has 1 aliphatic rings. The van der Waals surface area contributed by atoms with Crippen molar-refractivity contribution in [1.82, 2.24) is 19.5 Å². The number of nitro groups is 1. The molecule has 3 aromatic rings. The average Bonchev–Trinajstić information content (AvgIpc) is 3.28. The molecule has 4 atom stereocenters. The summed E-state index contributed by atoms with van der Waals surface area (Å²) < 4.78 is 7.03. The van der Waals surface area contributed by atoms with Crippen LogP contribution < -0.4 is 0 Å². The number of rotatable bonds is 6. The predicted molar refractivity (Wildman–Crippen MR) is 101 cm³/mol. The third kappa shape index (κ3) is 3.68. The van der Waals surface area contributed by atoms with Crippen LogP contribution in [0.15, 0.2) is 41.9 Å². The number of nitro benzene ring substituents is 1. The lowest BCUT2D eigenvalue weighted by Gasteiger charge is -2.16. The number of aliphatic hydroxyl groups is 3. The Morgan fingerprint density at radius 1 is 1.17 bits per heavy atom. The summed E-state index contributed by atoms with van der Waals surface area (Å²) in [6.07, 6.45) is -1.49. The largest absolute Gasteiger partial charge is 0.394 e. The Labute approximate surface area is 168 Å². The van der Waals surface area contributed by atoms with E-state index in [4.69, 9.17) is 4.74 Å². The number of aromatic nitrogens is 4. The van der Waals surface area contributed by atoms with Crippen molar-refractivity contribution in [2.24, 2.45) is 0 Å². The van der Waals surface area contributed by atoms with Crippen LogP contribution in [0.3, 0.4) is 0 Å². The fraction of sp³-hybridized carbons (Fsp3) is 0.353. The van der Waals surface area contributed by atoms with Crippen molar-refractivity contribution in [1.29, 1.82) is 0 Å². The molecule has 29 heavy (non-hydrogen) atoms. The number of imidazole rings is 1. The summed E-state index contributed by atoms with van der Waals surface area (Å²) in [6.45, 7) is -0.424. The van der Waals surface area contributed by atoms with E-state index >= 15 is 0 Å². The highest BCUT2D eigenvalue weighted by Crippen LogP contribution is 2.33. The summed E-state index contributed by atoms with van der Waals surface area (Å²) >= 11 is 1.39. The Bertz CT molecular complexity index is 1030. The molecule has 1 fully saturated rings. The van der Waals surface area contributed by atoms with Crippen molar-refractivity contribution in [2.45, 2.75) is 35.3 Å². The van der Waals surface area contributed by atoms with Crippen LogP contribution in [0.25, 0.3) is 11.2 Å². The first-order chi connectivity index (χ1) is 14.0. The van der Waals surface area contributed by atoms with Crippen LogP contribution in [-0.2, 0) is 10.5 Å². The summed E-state index contributed by atoms with van der Waals surface area (Å²) in [4.78, 5) is 23.1. The van der Waals surface area contributed by atoms with Gasteiger partial charge in [0.2, 0.25) is 0 Å². The number of non-ortho nitro benzene ring substituents is 1. The number of aliphatic hydroxyl groups excluding tert-OH is 3. The third-order valence-electron chi connectivity index (χ3n) is 4.64. The molecule has 0 radical (unpaired) electrons. The lowest BCUT2D eigenvalue weighted by molar-refractivity contribution is -0.384. The van der Waals surface area contributed by atoms with Crippen LogP contribution in [0.2, 0.25) is 0 Å². The Balaban J connectivity index is 1.55. The van der Waals surface area contributed by atoms with E-state index in [9.17, 15) is 25.4 Å². The van der Waals surface area contributed by atoms with Crippen LogP contribution in [0.1, 0.15) is 11.8 Å². The number of hydrogen-bond acceptors (Lipinski definition) is 10. The van der Waals surface area contributed by atoms with E-state index in [1.54, 1.807) is 12.1 Å².